The normalized spacial score (nSPS) is 12.1. The molecule has 0 aliphatic heterocycles. The molecule has 164 valence electrons. The van der Waals surface area contributed by atoms with Gasteiger partial charge in [0.15, 0.2) is 23.0 Å². The van der Waals surface area contributed by atoms with Crippen LogP contribution in [0.25, 0.3) is 22.4 Å². The van der Waals surface area contributed by atoms with E-state index in [0.29, 0.717) is 34.8 Å². The second kappa shape index (κ2) is 8.02. The van der Waals surface area contributed by atoms with Gasteiger partial charge in [-0.15, -0.1) is 0 Å². The van der Waals surface area contributed by atoms with Gasteiger partial charge in [0.25, 0.3) is 0 Å². The number of hydrogen-bond acceptors (Lipinski definition) is 6. The van der Waals surface area contributed by atoms with E-state index in [0.717, 1.165) is 5.56 Å². The zero-order valence-electron chi connectivity index (χ0n) is 18.8. The van der Waals surface area contributed by atoms with Gasteiger partial charge in [-0.2, -0.15) is 0 Å². The summed E-state index contributed by atoms with van der Waals surface area (Å²) in [5.74, 6) is 0.748. The molecule has 3 N–H and O–H groups in total. The van der Waals surface area contributed by atoms with Crippen LogP contribution in [0.5, 0.6) is 11.5 Å². The van der Waals surface area contributed by atoms with Crippen LogP contribution in [0.4, 0.5) is 10.6 Å². The number of primary amides is 1. The molecule has 8 nitrogen and oxygen atoms in total. The SMILES string of the molecule is COc1cc(-c2ccc3ncc(N(C(N)=O)C(C)(C)CC(C)(C)C)nc3n2)ccc1O. The second-order valence-electron chi connectivity index (χ2n) is 9.38. The van der Waals surface area contributed by atoms with Crippen molar-refractivity contribution < 1.29 is 14.6 Å². The highest BCUT2D eigenvalue weighted by Crippen LogP contribution is 2.34. The number of pyridine rings is 1. The Balaban J connectivity index is 2.07. The number of hydrogen-bond donors (Lipinski definition) is 2. The number of methoxy groups -OCH3 is 1. The number of aromatic hydroxyl groups is 1. The molecule has 31 heavy (non-hydrogen) atoms. The monoisotopic (exact) mass is 423 g/mol. The number of phenols is 1. The molecule has 3 rings (SSSR count). The molecule has 0 aliphatic rings. The van der Waals surface area contributed by atoms with Crippen LogP contribution in [0.1, 0.15) is 41.0 Å². The molecular weight excluding hydrogens is 394 g/mol. The van der Waals surface area contributed by atoms with Crippen LogP contribution in [0.3, 0.4) is 0 Å². The first-order valence-electron chi connectivity index (χ1n) is 10.0. The van der Waals surface area contributed by atoms with Crippen molar-refractivity contribution in [3.05, 3.63) is 36.5 Å². The van der Waals surface area contributed by atoms with E-state index in [-0.39, 0.29) is 11.2 Å². The quantitative estimate of drug-likeness (QED) is 0.624. The Labute approximate surface area is 182 Å². The van der Waals surface area contributed by atoms with Crippen LogP contribution in [0, 0.1) is 5.41 Å². The number of carbonyl (C=O) groups is 1. The van der Waals surface area contributed by atoms with E-state index in [1.54, 1.807) is 24.4 Å². The molecule has 2 aromatic heterocycles. The minimum atomic E-state index is -0.595. The number of carbonyl (C=O) groups excluding carboxylic acids is 1. The van der Waals surface area contributed by atoms with Gasteiger partial charge in [-0.05, 0) is 56.0 Å². The van der Waals surface area contributed by atoms with Crippen molar-refractivity contribution in [3.63, 3.8) is 0 Å². The summed E-state index contributed by atoms with van der Waals surface area (Å²) < 4.78 is 5.18. The van der Waals surface area contributed by atoms with E-state index in [4.69, 9.17) is 10.5 Å². The Morgan fingerprint density at radius 2 is 1.84 bits per heavy atom. The maximum atomic E-state index is 12.4. The Morgan fingerprint density at radius 3 is 2.45 bits per heavy atom. The lowest BCUT2D eigenvalue weighted by atomic mass is 9.81. The first kappa shape index (κ1) is 22.3. The van der Waals surface area contributed by atoms with Gasteiger partial charge in [0, 0.05) is 11.1 Å². The molecule has 3 aromatic rings. The summed E-state index contributed by atoms with van der Waals surface area (Å²) in [6.45, 7) is 10.3. The summed E-state index contributed by atoms with van der Waals surface area (Å²) >= 11 is 0. The fourth-order valence-electron chi connectivity index (χ4n) is 4.09. The molecule has 0 saturated carbocycles. The van der Waals surface area contributed by atoms with Crippen LogP contribution in [0.2, 0.25) is 0 Å². The van der Waals surface area contributed by atoms with Gasteiger partial charge in [0.1, 0.15) is 5.52 Å². The Bertz CT molecular complexity index is 1120. The number of urea groups is 1. The summed E-state index contributed by atoms with van der Waals surface area (Å²) in [4.78, 5) is 27.5. The lowest BCUT2D eigenvalue weighted by molar-refractivity contribution is 0.234. The summed E-state index contributed by atoms with van der Waals surface area (Å²) in [5, 5.41) is 9.84. The lowest BCUT2D eigenvalue weighted by Gasteiger charge is -2.40. The van der Waals surface area contributed by atoms with E-state index in [1.807, 2.05) is 26.0 Å². The summed E-state index contributed by atoms with van der Waals surface area (Å²) in [6, 6.07) is 8.02. The Kier molecular flexibility index (Phi) is 5.76. The summed E-state index contributed by atoms with van der Waals surface area (Å²) in [5.41, 5.74) is 7.52. The topological polar surface area (TPSA) is 114 Å². The molecule has 2 heterocycles. The van der Waals surface area contributed by atoms with E-state index in [9.17, 15) is 9.90 Å². The number of rotatable bonds is 5. The van der Waals surface area contributed by atoms with Crippen LogP contribution in [0.15, 0.2) is 36.5 Å². The molecule has 0 radical (unpaired) electrons. The van der Waals surface area contributed by atoms with Crippen molar-refractivity contribution >= 4 is 23.0 Å². The van der Waals surface area contributed by atoms with Crippen LogP contribution >= 0.6 is 0 Å². The molecule has 2 amide bonds. The smallest absolute Gasteiger partial charge is 0.320 e. The second-order valence-corrected chi connectivity index (χ2v) is 9.38. The van der Waals surface area contributed by atoms with E-state index in [1.165, 1.54) is 12.0 Å². The molecule has 0 aliphatic carbocycles. The molecule has 1 aromatic carbocycles. The molecule has 0 atom stereocenters. The maximum absolute atomic E-state index is 12.4. The fourth-order valence-corrected chi connectivity index (χ4v) is 4.09. The third-order valence-electron chi connectivity index (χ3n) is 4.89. The van der Waals surface area contributed by atoms with Crippen LogP contribution in [-0.4, -0.2) is 38.7 Å². The Morgan fingerprint density at radius 1 is 1.13 bits per heavy atom. The minimum Gasteiger partial charge on any atom is -0.504 e. The van der Waals surface area contributed by atoms with Gasteiger partial charge >= 0.3 is 6.03 Å². The van der Waals surface area contributed by atoms with Crippen molar-refractivity contribution in [1.82, 2.24) is 15.0 Å². The predicted octanol–water partition coefficient (Wildman–Crippen LogP) is 4.51. The maximum Gasteiger partial charge on any atom is 0.320 e. The number of benzene rings is 1. The van der Waals surface area contributed by atoms with E-state index < -0.39 is 11.6 Å². The molecule has 0 fully saturated rings. The minimum absolute atomic E-state index is 0.0230. The largest absolute Gasteiger partial charge is 0.504 e. The van der Waals surface area contributed by atoms with Crippen molar-refractivity contribution in [3.8, 4) is 22.8 Å². The van der Waals surface area contributed by atoms with Gasteiger partial charge < -0.3 is 15.6 Å². The average Bonchev–Trinajstić information content (AvgIpc) is 2.65. The van der Waals surface area contributed by atoms with Gasteiger partial charge in [-0.1, -0.05) is 20.8 Å². The van der Waals surface area contributed by atoms with Gasteiger partial charge in [0.2, 0.25) is 0 Å². The number of ether oxygens (including phenoxy) is 1. The van der Waals surface area contributed by atoms with E-state index in [2.05, 4.69) is 35.7 Å². The number of nitrogens with zero attached hydrogens (tertiary/aromatic N) is 4. The highest BCUT2D eigenvalue weighted by atomic mass is 16.5. The molecule has 8 heteroatoms. The zero-order chi connectivity index (χ0) is 23.0. The Hall–Kier alpha value is -3.42. The first-order chi connectivity index (χ1) is 14.4. The van der Waals surface area contributed by atoms with Crippen molar-refractivity contribution in [2.24, 2.45) is 11.1 Å². The van der Waals surface area contributed by atoms with E-state index >= 15 is 0 Å². The number of nitrogens with two attached hydrogens (primary N) is 1. The standard InChI is InChI=1S/C23H29N5O3/c1-22(2,3)13-23(4,5)28(21(24)30)19-12-25-16-9-8-15(26-20(16)27-19)14-7-10-17(29)18(11-14)31-6/h7-12,29H,13H2,1-6H3,(H2,24,30). The average molecular weight is 424 g/mol. The van der Waals surface area contributed by atoms with Crippen molar-refractivity contribution in [2.45, 2.75) is 46.6 Å². The number of aromatic nitrogens is 3. The third kappa shape index (κ3) is 4.84. The summed E-state index contributed by atoms with van der Waals surface area (Å²) in [7, 11) is 1.49. The molecule has 0 saturated heterocycles. The first-order valence-corrected chi connectivity index (χ1v) is 10.0. The zero-order valence-corrected chi connectivity index (χ0v) is 18.8. The third-order valence-corrected chi connectivity index (χ3v) is 4.89. The highest BCUT2D eigenvalue weighted by Gasteiger charge is 2.36. The van der Waals surface area contributed by atoms with Crippen molar-refractivity contribution in [2.75, 3.05) is 12.0 Å². The fraction of sp³-hybridized carbons (Fsp3) is 0.391. The van der Waals surface area contributed by atoms with Crippen molar-refractivity contribution in [1.29, 1.82) is 0 Å². The molecule has 0 unspecified atom stereocenters. The molecule has 0 spiro atoms. The molecule has 0 bridgehead atoms. The van der Waals surface area contributed by atoms with Gasteiger partial charge in [-0.3, -0.25) is 4.90 Å². The number of anilines is 1. The lowest BCUT2D eigenvalue weighted by Crippen LogP contribution is -2.52. The number of phenolic OH excluding ortho intramolecular Hbond substituents is 1. The highest BCUT2D eigenvalue weighted by molar-refractivity contribution is 5.92. The molecular formula is C23H29N5O3. The number of amides is 2. The number of fused-ring (bicyclic) bond motifs is 1. The predicted molar refractivity (Wildman–Crippen MR) is 121 cm³/mol. The van der Waals surface area contributed by atoms with Gasteiger partial charge in [-0.25, -0.2) is 19.7 Å². The van der Waals surface area contributed by atoms with Crippen LogP contribution < -0.4 is 15.4 Å². The van der Waals surface area contributed by atoms with Gasteiger partial charge in [0.05, 0.1) is 19.0 Å². The van der Waals surface area contributed by atoms with Crippen LogP contribution in [-0.2, 0) is 0 Å². The summed E-state index contributed by atoms with van der Waals surface area (Å²) in [6.07, 6.45) is 2.26.